The lowest BCUT2D eigenvalue weighted by Crippen LogP contribution is -2.48. The number of nitro groups is 1. The number of amides is 1. The highest BCUT2D eigenvalue weighted by molar-refractivity contribution is 5.95. The van der Waals surface area contributed by atoms with Crippen LogP contribution in [0.25, 0.3) is 0 Å². The number of rotatable bonds is 5. The van der Waals surface area contributed by atoms with Crippen LogP contribution in [0.15, 0.2) is 42.5 Å². The molecule has 0 aromatic heterocycles. The number of benzene rings is 2. The van der Waals surface area contributed by atoms with Crippen LogP contribution in [-0.2, 0) is 6.42 Å². The number of nitrogens with one attached hydrogen (secondary N) is 1. The molecule has 0 spiro atoms. The second-order valence-electron chi connectivity index (χ2n) is 6.46. The van der Waals surface area contributed by atoms with Crippen LogP contribution < -0.4 is 10.1 Å². The van der Waals surface area contributed by atoms with E-state index in [1.165, 1.54) is 24.8 Å². The molecule has 28 heavy (non-hydrogen) atoms. The minimum atomic E-state index is -0.533. The molecule has 1 amide bonds. The smallest absolute Gasteiger partial charge is 0.311 e. The summed E-state index contributed by atoms with van der Waals surface area (Å²) in [5.74, 6) is -0.0737. The van der Waals surface area contributed by atoms with Gasteiger partial charge in [-0.3, -0.25) is 14.9 Å². The maximum atomic E-state index is 13.1. The highest BCUT2D eigenvalue weighted by atomic mass is 35.5. The lowest BCUT2D eigenvalue weighted by atomic mass is 10.00. The quantitative estimate of drug-likeness (QED) is 0.609. The number of aryl methyl sites for hydroxylation is 1. The Morgan fingerprint density at radius 3 is 2.61 bits per heavy atom. The second kappa shape index (κ2) is 9.52. The van der Waals surface area contributed by atoms with Crippen molar-refractivity contribution >= 4 is 24.0 Å². The molecule has 0 radical (unpaired) electrons. The maximum Gasteiger partial charge on any atom is 0.311 e. The molecule has 3 rings (SSSR count). The van der Waals surface area contributed by atoms with Gasteiger partial charge in [0.25, 0.3) is 5.91 Å². The Bertz CT molecular complexity index is 842. The molecule has 1 unspecified atom stereocenters. The fourth-order valence-electron chi connectivity index (χ4n) is 3.35. The highest BCUT2D eigenvalue weighted by Gasteiger charge is 2.30. The Kier molecular flexibility index (Phi) is 7.37. The lowest BCUT2D eigenvalue weighted by Gasteiger charge is -2.36. The van der Waals surface area contributed by atoms with Gasteiger partial charge >= 0.3 is 5.69 Å². The van der Waals surface area contributed by atoms with E-state index in [1.54, 1.807) is 11.0 Å². The molecular weight excluding hydrogens is 382 g/mol. The van der Waals surface area contributed by atoms with Gasteiger partial charge in [-0.15, -0.1) is 12.4 Å². The van der Waals surface area contributed by atoms with E-state index in [0.717, 1.165) is 12.0 Å². The van der Waals surface area contributed by atoms with E-state index < -0.39 is 4.92 Å². The van der Waals surface area contributed by atoms with Crippen LogP contribution in [0, 0.1) is 10.1 Å². The molecule has 7 nitrogen and oxygen atoms in total. The molecule has 1 N–H and O–H groups in total. The summed E-state index contributed by atoms with van der Waals surface area (Å²) in [6.45, 7) is 3.98. The van der Waals surface area contributed by atoms with Crippen molar-refractivity contribution in [2.75, 3.05) is 26.7 Å². The molecule has 1 aliphatic heterocycles. The van der Waals surface area contributed by atoms with Gasteiger partial charge in [0.15, 0.2) is 5.75 Å². The third-order valence-corrected chi connectivity index (χ3v) is 4.90. The number of hydrogen-bond acceptors (Lipinski definition) is 5. The SMILES string of the molecule is CCc1ccc(C2CNCCN2C(=O)c2ccc(OC)c([N+](=O)[O-])c2)cc1.Cl. The molecule has 1 saturated heterocycles. The van der Waals surface area contributed by atoms with Crippen LogP contribution in [0.4, 0.5) is 5.69 Å². The Labute approximate surface area is 170 Å². The fourth-order valence-corrected chi connectivity index (χ4v) is 3.35. The molecule has 0 saturated carbocycles. The molecule has 8 heteroatoms. The zero-order valence-electron chi connectivity index (χ0n) is 15.9. The standard InChI is InChI=1S/C20H23N3O4.ClH/c1-3-14-4-6-15(7-5-14)18-13-21-10-11-22(18)20(24)16-8-9-19(27-2)17(12-16)23(25)26;/h4-9,12,18,21H,3,10-11,13H2,1-2H3;1H. The van der Waals surface area contributed by atoms with Gasteiger partial charge in [-0.1, -0.05) is 31.2 Å². The summed E-state index contributed by atoms with van der Waals surface area (Å²) in [6, 6.07) is 12.5. The van der Waals surface area contributed by atoms with E-state index in [1.807, 2.05) is 12.1 Å². The number of hydrogen-bond donors (Lipinski definition) is 1. The summed E-state index contributed by atoms with van der Waals surface area (Å²) in [6.07, 6.45) is 0.960. The Hall–Kier alpha value is -2.64. The van der Waals surface area contributed by atoms with Crippen molar-refractivity contribution in [3.63, 3.8) is 0 Å². The summed E-state index contributed by atoms with van der Waals surface area (Å²) in [4.78, 5) is 25.6. The van der Waals surface area contributed by atoms with Crippen LogP contribution >= 0.6 is 12.4 Å². The first kappa shape index (κ1) is 21.7. The van der Waals surface area contributed by atoms with Crippen LogP contribution in [0.5, 0.6) is 5.75 Å². The highest BCUT2D eigenvalue weighted by Crippen LogP contribution is 2.30. The van der Waals surface area contributed by atoms with Gasteiger partial charge in [0.2, 0.25) is 0 Å². The average Bonchev–Trinajstić information content (AvgIpc) is 2.72. The van der Waals surface area contributed by atoms with Crippen LogP contribution in [0.2, 0.25) is 0 Å². The minimum Gasteiger partial charge on any atom is -0.490 e. The average molecular weight is 406 g/mol. The van der Waals surface area contributed by atoms with Crippen LogP contribution in [-0.4, -0.2) is 42.5 Å². The van der Waals surface area contributed by atoms with E-state index in [0.29, 0.717) is 25.2 Å². The van der Waals surface area contributed by atoms with Gasteiger partial charge in [-0.2, -0.15) is 0 Å². The Morgan fingerprint density at radius 2 is 2.00 bits per heavy atom. The van der Waals surface area contributed by atoms with E-state index in [9.17, 15) is 14.9 Å². The Morgan fingerprint density at radius 1 is 1.29 bits per heavy atom. The van der Waals surface area contributed by atoms with Gasteiger partial charge in [0.05, 0.1) is 18.1 Å². The number of piperazine rings is 1. The zero-order valence-corrected chi connectivity index (χ0v) is 16.7. The van der Waals surface area contributed by atoms with E-state index in [4.69, 9.17) is 4.74 Å². The number of ether oxygens (including phenoxy) is 1. The van der Waals surface area contributed by atoms with Gasteiger partial charge in [-0.05, 0) is 29.7 Å². The summed E-state index contributed by atoms with van der Waals surface area (Å²) in [5.41, 5.74) is 2.38. The van der Waals surface area contributed by atoms with Crippen molar-refractivity contribution in [3.8, 4) is 5.75 Å². The predicted octanol–water partition coefficient (Wildman–Crippen LogP) is 3.37. The first-order valence-corrected chi connectivity index (χ1v) is 8.98. The summed E-state index contributed by atoms with van der Waals surface area (Å²) in [7, 11) is 1.37. The number of nitrogens with zero attached hydrogens (tertiary/aromatic N) is 2. The van der Waals surface area contributed by atoms with Gasteiger partial charge < -0.3 is 15.0 Å². The van der Waals surface area contributed by atoms with Gasteiger partial charge in [0, 0.05) is 31.3 Å². The number of carbonyl (C=O) groups is 1. The predicted molar refractivity (Wildman–Crippen MR) is 109 cm³/mol. The van der Waals surface area contributed by atoms with Crippen LogP contribution in [0.3, 0.4) is 0 Å². The number of carbonyl (C=O) groups excluding carboxylic acids is 1. The van der Waals surface area contributed by atoms with Crippen molar-refractivity contribution in [1.29, 1.82) is 0 Å². The molecule has 1 aliphatic rings. The molecule has 0 aliphatic carbocycles. The summed E-state index contributed by atoms with van der Waals surface area (Å²) < 4.78 is 5.02. The normalized spacial score (nSPS) is 16.2. The lowest BCUT2D eigenvalue weighted by molar-refractivity contribution is -0.385. The van der Waals surface area contributed by atoms with Gasteiger partial charge in [-0.25, -0.2) is 0 Å². The van der Waals surface area contributed by atoms with Crippen molar-refractivity contribution in [1.82, 2.24) is 10.2 Å². The first-order chi connectivity index (χ1) is 13.0. The molecule has 2 aromatic rings. The summed E-state index contributed by atoms with van der Waals surface area (Å²) >= 11 is 0. The third kappa shape index (κ3) is 4.43. The van der Waals surface area contributed by atoms with Gasteiger partial charge in [0.1, 0.15) is 0 Å². The molecule has 0 bridgehead atoms. The monoisotopic (exact) mass is 405 g/mol. The third-order valence-electron chi connectivity index (χ3n) is 4.90. The number of methoxy groups -OCH3 is 1. The molecule has 150 valence electrons. The van der Waals surface area contributed by atoms with E-state index >= 15 is 0 Å². The van der Waals surface area contributed by atoms with Crippen molar-refractivity contribution < 1.29 is 14.5 Å². The summed E-state index contributed by atoms with van der Waals surface area (Å²) in [5, 5.41) is 14.6. The first-order valence-electron chi connectivity index (χ1n) is 8.98. The number of halogens is 1. The van der Waals surface area contributed by atoms with E-state index in [2.05, 4.69) is 24.4 Å². The van der Waals surface area contributed by atoms with E-state index in [-0.39, 0.29) is 35.8 Å². The van der Waals surface area contributed by atoms with Crippen molar-refractivity contribution in [2.24, 2.45) is 0 Å². The van der Waals surface area contributed by atoms with Crippen molar-refractivity contribution in [2.45, 2.75) is 19.4 Å². The molecule has 1 fully saturated rings. The van der Waals surface area contributed by atoms with Crippen LogP contribution in [0.1, 0.15) is 34.5 Å². The number of nitro benzene ring substituents is 1. The fraction of sp³-hybridized carbons (Fsp3) is 0.350. The maximum absolute atomic E-state index is 13.1. The topological polar surface area (TPSA) is 84.7 Å². The molecule has 1 heterocycles. The molecule has 1 atom stereocenters. The van der Waals surface area contributed by atoms with Crippen molar-refractivity contribution in [3.05, 3.63) is 69.3 Å². The molecule has 2 aromatic carbocycles. The second-order valence-corrected chi connectivity index (χ2v) is 6.46. The Balaban J connectivity index is 0.00000280. The zero-order chi connectivity index (χ0) is 19.4. The largest absolute Gasteiger partial charge is 0.490 e. The molecular formula is C20H24ClN3O4. The minimum absolute atomic E-state index is 0.